The van der Waals surface area contributed by atoms with E-state index in [9.17, 15) is 5.11 Å². The Hall–Kier alpha value is -1.90. The quantitative estimate of drug-likeness (QED) is 0.500. The van der Waals surface area contributed by atoms with Crippen molar-refractivity contribution < 1.29 is 5.11 Å². The Morgan fingerprint density at radius 2 is 1.81 bits per heavy atom. The van der Waals surface area contributed by atoms with Crippen molar-refractivity contribution in [2.45, 2.75) is 76.7 Å². The van der Waals surface area contributed by atoms with E-state index in [1.807, 2.05) is 0 Å². The van der Waals surface area contributed by atoms with Gasteiger partial charge in [0.1, 0.15) is 8.07 Å². The molecule has 0 aromatic heterocycles. The van der Waals surface area contributed by atoms with Crippen molar-refractivity contribution >= 4 is 19.2 Å². The molecule has 0 heterocycles. The minimum absolute atomic E-state index is 0.336. The minimum atomic E-state index is -2.25. The van der Waals surface area contributed by atoms with E-state index >= 15 is 0 Å². The fraction of sp³-hybridized carbons (Fsp3) is 0.448. The molecule has 31 heavy (non-hydrogen) atoms. The normalized spacial score (nSPS) is 25.0. The number of aryl methyl sites for hydroxylation is 2. The number of hydrogen-bond acceptors (Lipinski definition) is 1. The molecule has 5 rings (SSSR count). The van der Waals surface area contributed by atoms with Gasteiger partial charge >= 0.3 is 0 Å². The first-order chi connectivity index (χ1) is 14.8. The molecule has 0 saturated heterocycles. The lowest BCUT2D eigenvalue weighted by atomic mass is 9.90. The zero-order chi connectivity index (χ0) is 22.0. The van der Waals surface area contributed by atoms with Crippen LogP contribution in [-0.4, -0.2) is 13.2 Å². The van der Waals surface area contributed by atoms with Gasteiger partial charge in [-0.15, -0.1) is 0 Å². The van der Waals surface area contributed by atoms with E-state index in [2.05, 4.69) is 82.4 Å². The monoisotopic (exact) mass is 428 g/mol. The van der Waals surface area contributed by atoms with E-state index in [0.717, 1.165) is 5.56 Å². The Morgan fingerprint density at radius 3 is 2.55 bits per heavy atom. The topological polar surface area (TPSA) is 20.2 Å². The molecule has 3 aliphatic carbocycles. The van der Waals surface area contributed by atoms with Crippen molar-refractivity contribution in [3.8, 4) is 0 Å². The Bertz CT molecular complexity index is 1110. The summed E-state index contributed by atoms with van der Waals surface area (Å²) in [6, 6.07) is 13.5. The van der Waals surface area contributed by atoms with E-state index in [1.54, 1.807) is 11.1 Å². The first-order valence-electron chi connectivity index (χ1n) is 12.2. The van der Waals surface area contributed by atoms with Crippen molar-refractivity contribution in [1.82, 2.24) is 0 Å². The molecule has 0 radical (unpaired) electrons. The van der Waals surface area contributed by atoms with Crippen molar-refractivity contribution in [2.24, 2.45) is 5.92 Å². The fourth-order valence-corrected chi connectivity index (χ4v) is 10.1. The summed E-state index contributed by atoms with van der Waals surface area (Å²) in [4.78, 5) is 0. The smallest absolute Gasteiger partial charge is 0.107 e. The van der Waals surface area contributed by atoms with E-state index in [4.69, 9.17) is 0 Å². The highest BCUT2D eigenvalue weighted by molar-refractivity contribution is 6.82. The summed E-state index contributed by atoms with van der Waals surface area (Å²) in [5.74, 6) is 0.570. The summed E-state index contributed by atoms with van der Waals surface area (Å²) in [5.41, 5.74) is 11.5. The van der Waals surface area contributed by atoms with Gasteiger partial charge in [0, 0.05) is 5.54 Å². The van der Waals surface area contributed by atoms with Crippen molar-refractivity contribution in [2.75, 3.05) is 0 Å². The Balaban J connectivity index is 1.67. The lowest BCUT2D eigenvalue weighted by Gasteiger charge is -2.42. The van der Waals surface area contributed by atoms with E-state index in [0.29, 0.717) is 11.5 Å². The maximum atomic E-state index is 12.3. The first-order valence-corrected chi connectivity index (χ1v) is 15.2. The van der Waals surface area contributed by atoms with E-state index in [-0.39, 0.29) is 0 Å². The van der Waals surface area contributed by atoms with Gasteiger partial charge in [-0.3, -0.25) is 0 Å². The average molecular weight is 429 g/mol. The lowest BCUT2D eigenvalue weighted by molar-refractivity contribution is 0.168. The molecule has 2 aromatic carbocycles. The molecule has 3 atom stereocenters. The van der Waals surface area contributed by atoms with Crippen LogP contribution in [0.5, 0.6) is 0 Å². The molecule has 3 unspecified atom stereocenters. The second kappa shape index (κ2) is 7.32. The summed E-state index contributed by atoms with van der Waals surface area (Å²) >= 11 is 0. The number of aliphatic hydroxyl groups is 1. The molecular formula is C29H36OSi. The number of rotatable bonds is 5. The maximum absolute atomic E-state index is 12.3. The highest BCUT2D eigenvalue weighted by atomic mass is 28.3. The molecule has 0 aliphatic heterocycles. The van der Waals surface area contributed by atoms with Gasteiger partial charge < -0.3 is 5.11 Å². The first kappa shape index (κ1) is 21.0. The molecule has 0 spiro atoms. The van der Waals surface area contributed by atoms with Crippen LogP contribution in [0.2, 0.25) is 13.1 Å². The van der Waals surface area contributed by atoms with E-state index in [1.165, 1.54) is 59.9 Å². The van der Waals surface area contributed by atoms with Crippen LogP contribution in [0.15, 0.2) is 48.6 Å². The van der Waals surface area contributed by atoms with Crippen LogP contribution in [0.4, 0.5) is 0 Å². The minimum Gasteiger partial charge on any atom is -0.385 e. The molecule has 0 fully saturated rings. The summed E-state index contributed by atoms with van der Waals surface area (Å²) in [6.45, 7) is 11.7. The Kier molecular flexibility index (Phi) is 4.95. The van der Waals surface area contributed by atoms with Gasteiger partial charge in [0.25, 0.3) is 0 Å². The van der Waals surface area contributed by atoms with Gasteiger partial charge in [-0.05, 0) is 89.1 Å². The molecular weight excluding hydrogens is 392 g/mol. The molecule has 162 valence electrons. The molecule has 1 N–H and O–H groups in total. The predicted molar refractivity (Wildman–Crippen MR) is 135 cm³/mol. The number of hydrogen-bond donors (Lipinski definition) is 1. The van der Waals surface area contributed by atoms with Gasteiger partial charge in [-0.2, -0.15) is 0 Å². The molecule has 0 amide bonds. The van der Waals surface area contributed by atoms with Crippen molar-refractivity contribution in [1.29, 1.82) is 0 Å². The van der Waals surface area contributed by atoms with Gasteiger partial charge in [0.15, 0.2) is 0 Å². The molecule has 3 aliphatic rings. The number of allylic oxidation sites excluding steroid dienone is 3. The van der Waals surface area contributed by atoms with Crippen LogP contribution >= 0.6 is 0 Å². The number of benzene rings is 2. The van der Waals surface area contributed by atoms with Gasteiger partial charge in [0.05, 0.1) is 5.22 Å². The molecule has 0 saturated carbocycles. The highest BCUT2D eigenvalue weighted by Crippen LogP contribution is 2.54. The third-order valence-corrected chi connectivity index (χ3v) is 12.9. The molecule has 2 aromatic rings. The number of fused-ring (bicyclic) bond motifs is 3. The SMILES string of the molecule is CCCC(C)C1=CC([Si](C)(C)C2(O)C=C(C)c3ccccc32)c2cc3c(cc21)CCC3. The molecule has 2 heteroatoms. The summed E-state index contributed by atoms with van der Waals surface area (Å²) < 4.78 is 0. The van der Waals surface area contributed by atoms with Gasteiger partial charge in [-0.25, -0.2) is 0 Å². The van der Waals surface area contributed by atoms with Crippen molar-refractivity contribution in [3.05, 3.63) is 81.9 Å². The molecule has 0 bridgehead atoms. The van der Waals surface area contributed by atoms with Crippen LogP contribution in [0.3, 0.4) is 0 Å². The zero-order valence-electron chi connectivity index (χ0n) is 19.8. The third-order valence-electron chi connectivity index (χ3n) is 8.46. The average Bonchev–Trinajstić information content (AvgIpc) is 3.42. The van der Waals surface area contributed by atoms with Gasteiger partial charge in [-0.1, -0.05) is 75.8 Å². The molecule has 1 nitrogen and oxygen atoms in total. The maximum Gasteiger partial charge on any atom is 0.107 e. The van der Waals surface area contributed by atoms with Crippen LogP contribution in [0.1, 0.15) is 79.0 Å². The zero-order valence-corrected chi connectivity index (χ0v) is 20.8. The fourth-order valence-electron chi connectivity index (χ4n) is 6.52. The second-order valence-corrected chi connectivity index (χ2v) is 15.5. The van der Waals surface area contributed by atoms with Gasteiger partial charge in [0.2, 0.25) is 0 Å². The van der Waals surface area contributed by atoms with E-state index < -0.39 is 13.3 Å². The summed E-state index contributed by atoms with van der Waals surface area (Å²) in [7, 11) is -2.25. The van der Waals surface area contributed by atoms with Crippen LogP contribution in [0, 0.1) is 5.92 Å². The predicted octanol–water partition coefficient (Wildman–Crippen LogP) is 7.18. The standard InChI is InChI=1S/C29H36OSi/c1-6-10-19(2)24-17-28(26-16-22-12-9-11-21(22)15-25(24)26)31(4,5)29(30)18-20(3)23-13-7-8-14-27(23)29/h7-8,13-19,28,30H,6,9-12H2,1-5H3. The van der Waals surface area contributed by atoms with Crippen LogP contribution in [-0.2, 0) is 18.1 Å². The lowest BCUT2D eigenvalue weighted by Crippen LogP contribution is -2.54. The highest BCUT2D eigenvalue weighted by Gasteiger charge is 2.54. The summed E-state index contributed by atoms with van der Waals surface area (Å²) in [5, 5.41) is 11.5. The van der Waals surface area contributed by atoms with Crippen LogP contribution < -0.4 is 0 Å². The second-order valence-electron chi connectivity index (χ2n) is 10.7. The Morgan fingerprint density at radius 1 is 1.10 bits per heavy atom. The third kappa shape index (κ3) is 2.98. The summed E-state index contributed by atoms with van der Waals surface area (Å²) in [6.07, 6.45) is 10.9. The Labute approximate surface area is 188 Å². The largest absolute Gasteiger partial charge is 0.385 e. The van der Waals surface area contributed by atoms with Crippen molar-refractivity contribution in [3.63, 3.8) is 0 Å². The van der Waals surface area contributed by atoms with Crippen LogP contribution in [0.25, 0.3) is 11.1 Å².